The molecule has 0 radical (unpaired) electrons. The van der Waals surface area contributed by atoms with E-state index in [-0.39, 0.29) is 0 Å². The number of fused-ring (bicyclic) bond motifs is 1. The Morgan fingerprint density at radius 1 is 1.35 bits per heavy atom. The molecular formula is C13H22N4. The van der Waals surface area contributed by atoms with E-state index in [1.807, 2.05) is 0 Å². The van der Waals surface area contributed by atoms with Crippen molar-refractivity contribution in [1.82, 2.24) is 15.3 Å². The number of anilines is 1. The van der Waals surface area contributed by atoms with Gasteiger partial charge in [0.1, 0.15) is 12.1 Å². The summed E-state index contributed by atoms with van der Waals surface area (Å²) >= 11 is 0. The number of hydrogen-bond donors (Lipinski definition) is 1. The van der Waals surface area contributed by atoms with E-state index in [9.17, 15) is 0 Å². The lowest BCUT2D eigenvalue weighted by atomic mass is 10.2. The summed E-state index contributed by atoms with van der Waals surface area (Å²) in [6.07, 6.45) is 5.17. The molecule has 1 N–H and O–H groups in total. The molecule has 1 aromatic heterocycles. The molecule has 0 unspecified atom stereocenters. The Kier molecular flexibility index (Phi) is 3.94. The summed E-state index contributed by atoms with van der Waals surface area (Å²) in [7, 11) is 2.11. The number of nitrogens with zero attached hydrogens (tertiary/aromatic N) is 3. The highest BCUT2D eigenvalue weighted by molar-refractivity contribution is 5.49. The Morgan fingerprint density at radius 2 is 2.18 bits per heavy atom. The highest BCUT2D eigenvalue weighted by Crippen LogP contribution is 2.26. The summed E-state index contributed by atoms with van der Waals surface area (Å²) in [6.45, 7) is 6.32. The summed E-state index contributed by atoms with van der Waals surface area (Å²) in [5, 5.41) is 3.43. The standard InChI is InChI=1S/C13H22N4/c1-10(2)14-7-8-17(3)13-11-5-4-6-12(11)15-9-16-13/h9-10,14H,4-8H2,1-3H3. The van der Waals surface area contributed by atoms with Crippen molar-refractivity contribution >= 4 is 5.82 Å². The van der Waals surface area contributed by atoms with E-state index in [2.05, 4.69) is 41.1 Å². The van der Waals surface area contributed by atoms with Crippen LogP contribution in [0, 0.1) is 0 Å². The van der Waals surface area contributed by atoms with Crippen LogP contribution in [-0.2, 0) is 12.8 Å². The van der Waals surface area contributed by atoms with Gasteiger partial charge in [-0.05, 0) is 19.3 Å². The average molecular weight is 234 g/mol. The van der Waals surface area contributed by atoms with Crippen LogP contribution in [0.15, 0.2) is 6.33 Å². The van der Waals surface area contributed by atoms with Crippen LogP contribution in [0.2, 0.25) is 0 Å². The predicted octanol–water partition coefficient (Wildman–Crippen LogP) is 1.40. The Labute approximate surface area is 103 Å². The van der Waals surface area contributed by atoms with Gasteiger partial charge in [-0.1, -0.05) is 13.8 Å². The second kappa shape index (κ2) is 5.45. The van der Waals surface area contributed by atoms with Crippen molar-refractivity contribution in [3.05, 3.63) is 17.6 Å². The number of hydrogen-bond acceptors (Lipinski definition) is 4. The molecule has 0 fully saturated rings. The molecule has 0 aromatic carbocycles. The SMILES string of the molecule is CC(C)NCCN(C)c1ncnc2c1CCC2. The Bertz CT molecular complexity index is 376. The van der Waals surface area contributed by atoms with E-state index in [0.29, 0.717) is 6.04 Å². The largest absolute Gasteiger partial charge is 0.358 e. The molecule has 4 heteroatoms. The fourth-order valence-corrected chi connectivity index (χ4v) is 2.30. The van der Waals surface area contributed by atoms with Gasteiger partial charge >= 0.3 is 0 Å². The van der Waals surface area contributed by atoms with Crippen molar-refractivity contribution in [3.63, 3.8) is 0 Å². The fraction of sp³-hybridized carbons (Fsp3) is 0.692. The zero-order valence-corrected chi connectivity index (χ0v) is 11.0. The van der Waals surface area contributed by atoms with E-state index in [0.717, 1.165) is 31.7 Å². The molecular weight excluding hydrogens is 212 g/mol. The fourth-order valence-electron chi connectivity index (χ4n) is 2.30. The van der Waals surface area contributed by atoms with E-state index >= 15 is 0 Å². The molecule has 0 amide bonds. The first-order chi connectivity index (χ1) is 8.18. The van der Waals surface area contributed by atoms with Crippen molar-refractivity contribution in [2.24, 2.45) is 0 Å². The zero-order valence-electron chi connectivity index (χ0n) is 11.0. The topological polar surface area (TPSA) is 41.0 Å². The van der Waals surface area contributed by atoms with Gasteiger partial charge in [-0.25, -0.2) is 9.97 Å². The molecule has 0 bridgehead atoms. The first kappa shape index (κ1) is 12.3. The van der Waals surface area contributed by atoms with Crippen LogP contribution in [0.4, 0.5) is 5.82 Å². The molecule has 1 aliphatic carbocycles. The lowest BCUT2D eigenvalue weighted by Crippen LogP contribution is -2.33. The summed E-state index contributed by atoms with van der Waals surface area (Å²) in [6, 6.07) is 0.541. The van der Waals surface area contributed by atoms with Gasteiger partial charge < -0.3 is 10.2 Å². The molecule has 1 aromatic rings. The number of likely N-dealkylation sites (N-methyl/N-ethyl adjacent to an activating group) is 1. The van der Waals surface area contributed by atoms with E-state index in [4.69, 9.17) is 0 Å². The smallest absolute Gasteiger partial charge is 0.135 e. The monoisotopic (exact) mass is 234 g/mol. The van der Waals surface area contributed by atoms with Gasteiger partial charge in [-0.15, -0.1) is 0 Å². The van der Waals surface area contributed by atoms with Crippen LogP contribution in [0.25, 0.3) is 0 Å². The second-order valence-electron chi connectivity index (χ2n) is 5.01. The minimum atomic E-state index is 0.541. The van der Waals surface area contributed by atoms with Crippen molar-refractivity contribution in [2.75, 3.05) is 25.0 Å². The number of nitrogens with one attached hydrogen (secondary N) is 1. The molecule has 0 atom stereocenters. The Morgan fingerprint density at radius 3 is 2.94 bits per heavy atom. The van der Waals surface area contributed by atoms with Crippen molar-refractivity contribution in [1.29, 1.82) is 0 Å². The van der Waals surface area contributed by atoms with Gasteiger partial charge in [-0.3, -0.25) is 0 Å². The van der Waals surface area contributed by atoms with Crippen LogP contribution in [0.1, 0.15) is 31.5 Å². The third-order valence-electron chi connectivity index (χ3n) is 3.21. The number of aryl methyl sites for hydroxylation is 1. The maximum absolute atomic E-state index is 4.44. The summed E-state index contributed by atoms with van der Waals surface area (Å²) in [5.74, 6) is 1.12. The van der Waals surface area contributed by atoms with Gasteiger partial charge in [0.05, 0.1) is 0 Å². The van der Waals surface area contributed by atoms with Gasteiger partial charge in [0.25, 0.3) is 0 Å². The highest BCUT2D eigenvalue weighted by Gasteiger charge is 2.18. The number of aromatic nitrogens is 2. The predicted molar refractivity (Wildman–Crippen MR) is 70.5 cm³/mol. The summed E-state index contributed by atoms with van der Waals surface area (Å²) in [5.41, 5.74) is 2.61. The molecule has 1 aliphatic rings. The van der Waals surface area contributed by atoms with Gasteiger partial charge in [0.2, 0.25) is 0 Å². The van der Waals surface area contributed by atoms with Crippen LogP contribution in [0.5, 0.6) is 0 Å². The minimum Gasteiger partial charge on any atom is -0.358 e. The first-order valence-corrected chi connectivity index (χ1v) is 6.45. The molecule has 0 saturated heterocycles. The first-order valence-electron chi connectivity index (χ1n) is 6.45. The summed E-state index contributed by atoms with van der Waals surface area (Å²) in [4.78, 5) is 11.0. The molecule has 4 nitrogen and oxygen atoms in total. The van der Waals surface area contributed by atoms with Crippen molar-refractivity contribution in [3.8, 4) is 0 Å². The molecule has 94 valence electrons. The lowest BCUT2D eigenvalue weighted by molar-refractivity contribution is 0.588. The third-order valence-corrected chi connectivity index (χ3v) is 3.21. The van der Waals surface area contributed by atoms with Crippen LogP contribution >= 0.6 is 0 Å². The lowest BCUT2D eigenvalue weighted by Gasteiger charge is -2.21. The second-order valence-corrected chi connectivity index (χ2v) is 5.01. The minimum absolute atomic E-state index is 0.541. The van der Waals surface area contributed by atoms with Gasteiger partial charge in [0.15, 0.2) is 0 Å². The average Bonchev–Trinajstić information content (AvgIpc) is 2.75. The summed E-state index contributed by atoms with van der Waals surface area (Å²) < 4.78 is 0. The number of rotatable bonds is 5. The quantitative estimate of drug-likeness (QED) is 0.836. The molecule has 0 aliphatic heterocycles. The van der Waals surface area contributed by atoms with Crippen LogP contribution in [-0.4, -0.2) is 36.1 Å². The Hall–Kier alpha value is -1.16. The molecule has 2 rings (SSSR count). The Balaban J connectivity index is 1.99. The third kappa shape index (κ3) is 2.94. The molecule has 17 heavy (non-hydrogen) atoms. The van der Waals surface area contributed by atoms with E-state index < -0.39 is 0 Å². The van der Waals surface area contributed by atoms with Gasteiger partial charge in [0, 0.05) is 37.4 Å². The van der Waals surface area contributed by atoms with Crippen molar-refractivity contribution < 1.29 is 0 Å². The van der Waals surface area contributed by atoms with Gasteiger partial charge in [-0.2, -0.15) is 0 Å². The van der Waals surface area contributed by atoms with Crippen LogP contribution < -0.4 is 10.2 Å². The van der Waals surface area contributed by atoms with Crippen LogP contribution in [0.3, 0.4) is 0 Å². The van der Waals surface area contributed by atoms with E-state index in [1.165, 1.54) is 17.7 Å². The van der Waals surface area contributed by atoms with Crippen molar-refractivity contribution in [2.45, 2.75) is 39.2 Å². The maximum atomic E-state index is 4.44. The highest BCUT2D eigenvalue weighted by atomic mass is 15.2. The molecule has 0 saturated carbocycles. The van der Waals surface area contributed by atoms with E-state index in [1.54, 1.807) is 6.33 Å². The normalized spacial score (nSPS) is 14.1. The molecule has 0 spiro atoms. The maximum Gasteiger partial charge on any atom is 0.135 e. The molecule has 1 heterocycles. The zero-order chi connectivity index (χ0) is 12.3.